The van der Waals surface area contributed by atoms with Crippen LogP contribution in [-0.4, -0.2) is 13.2 Å². The second-order valence-corrected chi connectivity index (χ2v) is 5.50. The van der Waals surface area contributed by atoms with Gasteiger partial charge in [-0.3, -0.25) is 0 Å². The highest BCUT2D eigenvalue weighted by atomic mass is 16.5. The van der Waals surface area contributed by atoms with E-state index < -0.39 is 0 Å². The average molecular weight is 284 g/mol. The molecule has 0 atom stereocenters. The smallest absolute Gasteiger partial charge is 0.119 e. The van der Waals surface area contributed by atoms with Gasteiger partial charge < -0.3 is 9.47 Å². The third-order valence-electron chi connectivity index (χ3n) is 3.48. The molecular formula is C19H24O2. The fraction of sp³-hybridized carbons (Fsp3) is 0.368. The summed E-state index contributed by atoms with van der Waals surface area (Å²) in [6.07, 6.45) is 0.902. The molecule has 0 radical (unpaired) electrons. The van der Waals surface area contributed by atoms with Crippen molar-refractivity contribution >= 4 is 0 Å². The van der Waals surface area contributed by atoms with Crippen molar-refractivity contribution in [3.8, 4) is 5.75 Å². The van der Waals surface area contributed by atoms with Crippen molar-refractivity contribution < 1.29 is 9.47 Å². The van der Waals surface area contributed by atoms with Crippen LogP contribution in [-0.2, 0) is 11.3 Å². The molecule has 0 unspecified atom stereocenters. The maximum Gasteiger partial charge on any atom is 0.119 e. The molecule has 0 aliphatic carbocycles. The van der Waals surface area contributed by atoms with E-state index in [1.165, 1.54) is 22.3 Å². The quantitative estimate of drug-likeness (QED) is 0.692. The molecule has 0 saturated carbocycles. The van der Waals surface area contributed by atoms with Gasteiger partial charge in [-0.05, 0) is 44.0 Å². The molecule has 2 aromatic carbocycles. The molecule has 0 heterocycles. The Morgan fingerprint density at radius 3 is 2.24 bits per heavy atom. The van der Waals surface area contributed by atoms with E-state index in [0.29, 0.717) is 13.2 Å². The van der Waals surface area contributed by atoms with Crippen LogP contribution in [0.3, 0.4) is 0 Å². The monoisotopic (exact) mass is 284 g/mol. The number of benzene rings is 2. The van der Waals surface area contributed by atoms with Crippen LogP contribution in [0.15, 0.2) is 42.5 Å². The summed E-state index contributed by atoms with van der Waals surface area (Å²) in [5.41, 5.74) is 5.10. The molecular weight excluding hydrogens is 260 g/mol. The Bertz CT molecular complexity index is 558. The van der Waals surface area contributed by atoms with Crippen LogP contribution in [0.1, 0.15) is 28.7 Å². The predicted molar refractivity (Wildman–Crippen MR) is 86.9 cm³/mol. The van der Waals surface area contributed by atoms with E-state index in [0.717, 1.165) is 18.8 Å². The van der Waals surface area contributed by atoms with Crippen molar-refractivity contribution in [2.75, 3.05) is 13.2 Å². The Morgan fingerprint density at radius 2 is 1.52 bits per heavy atom. The van der Waals surface area contributed by atoms with Gasteiger partial charge in [-0.2, -0.15) is 0 Å². The van der Waals surface area contributed by atoms with Crippen molar-refractivity contribution in [2.45, 2.75) is 33.8 Å². The summed E-state index contributed by atoms with van der Waals surface area (Å²) in [5.74, 6) is 0.926. The molecule has 0 aliphatic heterocycles. The van der Waals surface area contributed by atoms with E-state index >= 15 is 0 Å². The van der Waals surface area contributed by atoms with Gasteiger partial charge in [-0.25, -0.2) is 0 Å². The van der Waals surface area contributed by atoms with Crippen molar-refractivity contribution in [1.29, 1.82) is 0 Å². The zero-order chi connectivity index (χ0) is 15.1. The van der Waals surface area contributed by atoms with Crippen LogP contribution in [0, 0.1) is 20.8 Å². The summed E-state index contributed by atoms with van der Waals surface area (Å²) in [7, 11) is 0. The highest BCUT2D eigenvalue weighted by Crippen LogP contribution is 2.13. The van der Waals surface area contributed by atoms with Gasteiger partial charge in [-0.15, -0.1) is 0 Å². The molecule has 2 nitrogen and oxygen atoms in total. The minimum atomic E-state index is 0.677. The van der Waals surface area contributed by atoms with Crippen LogP contribution in [0.4, 0.5) is 0 Å². The van der Waals surface area contributed by atoms with Gasteiger partial charge in [0.15, 0.2) is 0 Å². The molecule has 0 spiro atoms. The van der Waals surface area contributed by atoms with E-state index in [9.17, 15) is 0 Å². The minimum absolute atomic E-state index is 0.677. The maximum atomic E-state index is 5.72. The van der Waals surface area contributed by atoms with Gasteiger partial charge in [-0.1, -0.05) is 41.5 Å². The van der Waals surface area contributed by atoms with Crippen molar-refractivity contribution in [3.63, 3.8) is 0 Å². The topological polar surface area (TPSA) is 18.5 Å². The van der Waals surface area contributed by atoms with Crippen molar-refractivity contribution in [3.05, 3.63) is 64.7 Å². The Hall–Kier alpha value is -1.80. The Balaban J connectivity index is 1.63. The van der Waals surface area contributed by atoms with Gasteiger partial charge in [0.05, 0.1) is 19.8 Å². The lowest BCUT2D eigenvalue weighted by molar-refractivity contribution is 0.107. The van der Waals surface area contributed by atoms with Gasteiger partial charge >= 0.3 is 0 Å². The summed E-state index contributed by atoms with van der Waals surface area (Å²) in [6, 6.07) is 14.6. The number of rotatable bonds is 7. The number of hydrogen-bond donors (Lipinski definition) is 0. The molecule has 0 saturated heterocycles. The molecule has 0 bridgehead atoms. The molecule has 0 aliphatic rings. The van der Waals surface area contributed by atoms with Crippen molar-refractivity contribution in [1.82, 2.24) is 0 Å². The lowest BCUT2D eigenvalue weighted by atomic mass is 10.1. The zero-order valence-electron chi connectivity index (χ0n) is 13.2. The third-order valence-corrected chi connectivity index (χ3v) is 3.48. The van der Waals surface area contributed by atoms with Gasteiger partial charge in [0.25, 0.3) is 0 Å². The normalized spacial score (nSPS) is 10.6. The molecule has 2 aromatic rings. The lowest BCUT2D eigenvalue weighted by Gasteiger charge is -2.09. The summed E-state index contributed by atoms with van der Waals surface area (Å²) < 4.78 is 11.4. The summed E-state index contributed by atoms with van der Waals surface area (Å²) in [4.78, 5) is 0. The van der Waals surface area contributed by atoms with Crippen LogP contribution in [0.2, 0.25) is 0 Å². The first kappa shape index (κ1) is 15.6. The van der Waals surface area contributed by atoms with Gasteiger partial charge in [0.2, 0.25) is 0 Å². The van der Waals surface area contributed by atoms with E-state index in [2.05, 4.69) is 51.1 Å². The molecule has 21 heavy (non-hydrogen) atoms. The van der Waals surface area contributed by atoms with E-state index in [1.54, 1.807) is 0 Å². The molecule has 0 N–H and O–H groups in total. The first-order valence-corrected chi connectivity index (χ1v) is 7.48. The standard InChI is InChI=1S/C19H24O2/c1-15-6-9-19(10-7-15)21-12-4-11-20-14-18-8-5-16(2)13-17(18)3/h5-10,13H,4,11-12,14H2,1-3H3. The molecule has 0 amide bonds. The molecule has 2 heteroatoms. The van der Waals surface area contributed by atoms with Crippen LogP contribution in [0.25, 0.3) is 0 Å². The highest BCUT2D eigenvalue weighted by molar-refractivity contribution is 5.29. The molecule has 0 fully saturated rings. The Morgan fingerprint density at radius 1 is 0.810 bits per heavy atom. The second kappa shape index (κ2) is 7.84. The Labute approximate surface area is 127 Å². The average Bonchev–Trinajstić information content (AvgIpc) is 2.46. The number of hydrogen-bond acceptors (Lipinski definition) is 2. The SMILES string of the molecule is Cc1ccc(OCCCOCc2ccc(C)cc2C)cc1. The summed E-state index contributed by atoms with van der Waals surface area (Å²) in [6.45, 7) is 8.41. The first-order valence-electron chi connectivity index (χ1n) is 7.48. The van der Waals surface area contributed by atoms with Crippen molar-refractivity contribution in [2.24, 2.45) is 0 Å². The maximum absolute atomic E-state index is 5.72. The number of aryl methyl sites for hydroxylation is 3. The highest BCUT2D eigenvalue weighted by Gasteiger charge is 1.99. The van der Waals surface area contributed by atoms with Crippen LogP contribution in [0.5, 0.6) is 5.75 Å². The largest absolute Gasteiger partial charge is 0.494 e. The van der Waals surface area contributed by atoms with Gasteiger partial charge in [0, 0.05) is 6.42 Å². The molecule has 112 valence electrons. The Kier molecular flexibility index (Phi) is 5.82. The zero-order valence-corrected chi connectivity index (χ0v) is 13.2. The van der Waals surface area contributed by atoms with Gasteiger partial charge in [0.1, 0.15) is 5.75 Å². The fourth-order valence-corrected chi connectivity index (χ4v) is 2.18. The van der Waals surface area contributed by atoms with E-state index in [1.807, 2.05) is 12.1 Å². The van der Waals surface area contributed by atoms with Crippen LogP contribution >= 0.6 is 0 Å². The first-order chi connectivity index (χ1) is 10.1. The lowest BCUT2D eigenvalue weighted by Crippen LogP contribution is -2.04. The fourth-order valence-electron chi connectivity index (χ4n) is 2.18. The predicted octanol–water partition coefficient (Wildman–Crippen LogP) is 4.60. The molecule has 0 aromatic heterocycles. The van der Waals surface area contributed by atoms with Crippen LogP contribution < -0.4 is 4.74 Å². The van der Waals surface area contributed by atoms with E-state index in [-0.39, 0.29) is 0 Å². The molecule has 2 rings (SSSR count). The second-order valence-electron chi connectivity index (χ2n) is 5.50. The number of ether oxygens (including phenoxy) is 2. The third kappa shape index (κ3) is 5.24. The minimum Gasteiger partial charge on any atom is -0.494 e. The summed E-state index contributed by atoms with van der Waals surface area (Å²) >= 11 is 0. The summed E-state index contributed by atoms with van der Waals surface area (Å²) in [5, 5.41) is 0. The van der Waals surface area contributed by atoms with E-state index in [4.69, 9.17) is 9.47 Å².